The standard InChI is InChI=1S/C20H26O2/c21-15-18-11-7-9-16-8-6-10-17(19(16)18)14-20(22)12-4-2-1-3-5-13-20/h6-11,21-22H,1-5,12-15H2. The van der Waals surface area contributed by atoms with Gasteiger partial charge >= 0.3 is 0 Å². The molecule has 0 amide bonds. The molecular weight excluding hydrogens is 272 g/mol. The first-order chi connectivity index (χ1) is 10.7. The van der Waals surface area contributed by atoms with Crippen molar-refractivity contribution in [3.05, 3.63) is 47.5 Å². The van der Waals surface area contributed by atoms with Crippen LogP contribution >= 0.6 is 0 Å². The Balaban J connectivity index is 1.95. The van der Waals surface area contributed by atoms with Crippen molar-refractivity contribution in [1.82, 2.24) is 0 Å². The average Bonchev–Trinajstić information content (AvgIpc) is 2.51. The van der Waals surface area contributed by atoms with E-state index in [0.29, 0.717) is 6.42 Å². The predicted octanol–water partition coefficient (Wildman–Crippen LogP) is 4.35. The van der Waals surface area contributed by atoms with Crippen molar-refractivity contribution in [3.8, 4) is 0 Å². The van der Waals surface area contributed by atoms with Crippen LogP contribution in [0.4, 0.5) is 0 Å². The van der Waals surface area contributed by atoms with Gasteiger partial charge in [-0.25, -0.2) is 0 Å². The second-order valence-electron chi connectivity index (χ2n) is 6.76. The van der Waals surface area contributed by atoms with E-state index in [2.05, 4.69) is 24.3 Å². The monoisotopic (exact) mass is 298 g/mol. The number of aliphatic hydroxyl groups is 2. The van der Waals surface area contributed by atoms with Gasteiger partial charge in [-0.15, -0.1) is 0 Å². The van der Waals surface area contributed by atoms with Crippen molar-refractivity contribution >= 4 is 10.8 Å². The smallest absolute Gasteiger partial charge is 0.0688 e. The van der Waals surface area contributed by atoms with Gasteiger partial charge in [0, 0.05) is 6.42 Å². The molecule has 0 unspecified atom stereocenters. The molecule has 1 saturated carbocycles. The predicted molar refractivity (Wildman–Crippen MR) is 90.8 cm³/mol. The Morgan fingerprint density at radius 3 is 2.05 bits per heavy atom. The highest BCUT2D eigenvalue weighted by Gasteiger charge is 2.28. The Labute approximate surface area is 132 Å². The molecule has 22 heavy (non-hydrogen) atoms. The lowest BCUT2D eigenvalue weighted by atomic mass is 9.81. The lowest BCUT2D eigenvalue weighted by molar-refractivity contribution is 0.0147. The zero-order valence-electron chi connectivity index (χ0n) is 13.2. The van der Waals surface area contributed by atoms with Crippen LogP contribution in [0.2, 0.25) is 0 Å². The van der Waals surface area contributed by atoms with E-state index in [1.807, 2.05) is 12.1 Å². The van der Waals surface area contributed by atoms with Gasteiger partial charge in [-0.2, -0.15) is 0 Å². The molecular formula is C20H26O2. The highest BCUT2D eigenvalue weighted by Crippen LogP contribution is 2.33. The average molecular weight is 298 g/mol. The maximum absolute atomic E-state index is 11.1. The van der Waals surface area contributed by atoms with Crippen molar-refractivity contribution in [1.29, 1.82) is 0 Å². The Morgan fingerprint density at radius 2 is 1.41 bits per heavy atom. The van der Waals surface area contributed by atoms with Gasteiger partial charge in [0.15, 0.2) is 0 Å². The van der Waals surface area contributed by atoms with Crippen LogP contribution in [0.15, 0.2) is 36.4 Å². The summed E-state index contributed by atoms with van der Waals surface area (Å²) in [6.45, 7) is 0.0484. The van der Waals surface area contributed by atoms with Gasteiger partial charge in [0.05, 0.1) is 12.2 Å². The van der Waals surface area contributed by atoms with Crippen molar-refractivity contribution < 1.29 is 10.2 Å². The summed E-state index contributed by atoms with van der Waals surface area (Å²) in [5.41, 5.74) is 1.55. The first kappa shape index (κ1) is 15.5. The molecule has 0 aliphatic heterocycles. The molecule has 1 aliphatic rings. The Morgan fingerprint density at radius 1 is 0.818 bits per heavy atom. The second kappa shape index (κ2) is 6.80. The molecule has 0 aromatic heterocycles. The summed E-state index contributed by atoms with van der Waals surface area (Å²) >= 11 is 0. The minimum Gasteiger partial charge on any atom is -0.392 e. The van der Waals surface area contributed by atoms with E-state index >= 15 is 0 Å². The molecule has 0 heterocycles. The minimum atomic E-state index is -0.586. The second-order valence-corrected chi connectivity index (χ2v) is 6.76. The molecule has 2 aromatic rings. The summed E-state index contributed by atoms with van der Waals surface area (Å²) in [5.74, 6) is 0. The number of hydrogen-bond donors (Lipinski definition) is 2. The number of rotatable bonds is 3. The van der Waals surface area contributed by atoms with E-state index in [9.17, 15) is 10.2 Å². The number of fused-ring (bicyclic) bond motifs is 1. The minimum absolute atomic E-state index is 0.0484. The van der Waals surface area contributed by atoms with Crippen LogP contribution < -0.4 is 0 Å². The molecule has 0 atom stereocenters. The molecule has 2 heteroatoms. The van der Waals surface area contributed by atoms with Gasteiger partial charge in [0.25, 0.3) is 0 Å². The lowest BCUT2D eigenvalue weighted by Gasteiger charge is -2.31. The Hall–Kier alpha value is -1.38. The lowest BCUT2D eigenvalue weighted by Crippen LogP contribution is -2.32. The molecule has 118 valence electrons. The van der Waals surface area contributed by atoms with E-state index < -0.39 is 5.60 Å². The highest BCUT2D eigenvalue weighted by molar-refractivity contribution is 5.89. The van der Waals surface area contributed by atoms with Crippen LogP contribution in [0.3, 0.4) is 0 Å². The normalized spacial score (nSPS) is 18.8. The summed E-state index contributed by atoms with van der Waals surface area (Å²) in [4.78, 5) is 0. The number of benzene rings is 2. The van der Waals surface area contributed by atoms with Gasteiger partial charge in [-0.3, -0.25) is 0 Å². The topological polar surface area (TPSA) is 40.5 Å². The summed E-state index contributed by atoms with van der Waals surface area (Å²) in [5, 5.41) is 23.0. The molecule has 2 nitrogen and oxygen atoms in total. The van der Waals surface area contributed by atoms with Crippen LogP contribution in [-0.2, 0) is 13.0 Å². The van der Waals surface area contributed by atoms with Crippen LogP contribution in [0.5, 0.6) is 0 Å². The third-order valence-electron chi connectivity index (χ3n) is 5.05. The van der Waals surface area contributed by atoms with Gasteiger partial charge in [-0.1, -0.05) is 68.5 Å². The largest absolute Gasteiger partial charge is 0.392 e. The molecule has 1 aliphatic carbocycles. The fourth-order valence-electron chi connectivity index (χ4n) is 3.88. The highest BCUT2D eigenvalue weighted by atomic mass is 16.3. The molecule has 3 rings (SSSR count). The third kappa shape index (κ3) is 3.34. The maximum Gasteiger partial charge on any atom is 0.0688 e. The summed E-state index contributed by atoms with van der Waals surface area (Å²) in [6, 6.07) is 12.3. The number of aliphatic hydroxyl groups excluding tert-OH is 1. The maximum atomic E-state index is 11.1. The van der Waals surface area contributed by atoms with Crippen LogP contribution in [0, 0.1) is 0 Å². The Kier molecular flexibility index (Phi) is 4.80. The fraction of sp³-hybridized carbons (Fsp3) is 0.500. The van der Waals surface area contributed by atoms with E-state index in [0.717, 1.165) is 42.0 Å². The SMILES string of the molecule is OCc1cccc2cccc(CC3(O)CCCCCCC3)c12. The molecule has 1 fully saturated rings. The van der Waals surface area contributed by atoms with Crippen LogP contribution in [0.25, 0.3) is 10.8 Å². The zero-order valence-corrected chi connectivity index (χ0v) is 13.2. The quantitative estimate of drug-likeness (QED) is 0.884. The van der Waals surface area contributed by atoms with Crippen molar-refractivity contribution in [2.24, 2.45) is 0 Å². The van der Waals surface area contributed by atoms with Crippen LogP contribution in [-0.4, -0.2) is 15.8 Å². The zero-order chi connectivity index (χ0) is 15.4. The van der Waals surface area contributed by atoms with Gasteiger partial charge in [0.2, 0.25) is 0 Å². The molecule has 0 saturated heterocycles. The van der Waals surface area contributed by atoms with E-state index in [-0.39, 0.29) is 6.61 Å². The van der Waals surface area contributed by atoms with Crippen molar-refractivity contribution in [2.75, 3.05) is 0 Å². The van der Waals surface area contributed by atoms with E-state index in [4.69, 9.17) is 0 Å². The molecule has 0 bridgehead atoms. The van der Waals surface area contributed by atoms with Crippen molar-refractivity contribution in [3.63, 3.8) is 0 Å². The number of hydrogen-bond acceptors (Lipinski definition) is 2. The van der Waals surface area contributed by atoms with Crippen molar-refractivity contribution in [2.45, 2.75) is 63.6 Å². The molecule has 2 aromatic carbocycles. The molecule has 0 radical (unpaired) electrons. The van der Waals surface area contributed by atoms with E-state index in [1.165, 1.54) is 24.8 Å². The van der Waals surface area contributed by atoms with Gasteiger partial charge in [0.1, 0.15) is 0 Å². The third-order valence-corrected chi connectivity index (χ3v) is 5.05. The molecule has 2 N–H and O–H groups in total. The summed E-state index contributed by atoms with van der Waals surface area (Å²) in [6.07, 6.45) is 8.50. The first-order valence-corrected chi connectivity index (χ1v) is 8.55. The van der Waals surface area contributed by atoms with Crippen LogP contribution in [0.1, 0.15) is 56.1 Å². The molecule has 0 spiro atoms. The Bertz CT molecular complexity index is 619. The van der Waals surface area contributed by atoms with E-state index in [1.54, 1.807) is 0 Å². The summed E-state index contributed by atoms with van der Waals surface area (Å²) < 4.78 is 0. The fourth-order valence-corrected chi connectivity index (χ4v) is 3.88. The van der Waals surface area contributed by atoms with Gasteiger partial charge < -0.3 is 10.2 Å². The first-order valence-electron chi connectivity index (χ1n) is 8.55. The van der Waals surface area contributed by atoms with Gasteiger partial charge in [-0.05, 0) is 34.7 Å². The summed E-state index contributed by atoms with van der Waals surface area (Å²) in [7, 11) is 0.